The van der Waals surface area contributed by atoms with Gasteiger partial charge in [-0.1, -0.05) is 18.2 Å². The number of amides is 2. The fourth-order valence-corrected chi connectivity index (χ4v) is 5.93. The first kappa shape index (κ1) is 21.5. The summed E-state index contributed by atoms with van der Waals surface area (Å²) in [5.41, 5.74) is 1.94. The van der Waals surface area contributed by atoms with E-state index in [4.69, 9.17) is 4.74 Å². The number of aryl methyl sites for hydroxylation is 1. The van der Waals surface area contributed by atoms with E-state index in [9.17, 15) is 22.8 Å². The fourth-order valence-electron chi connectivity index (χ4n) is 4.23. The summed E-state index contributed by atoms with van der Waals surface area (Å²) in [6.07, 6.45) is 1.15. The molecule has 0 saturated carbocycles. The third-order valence-electron chi connectivity index (χ3n) is 5.86. The maximum absolute atomic E-state index is 13.0. The topological polar surface area (TPSA) is 113 Å². The highest BCUT2D eigenvalue weighted by Crippen LogP contribution is 2.28. The second kappa shape index (κ2) is 8.41. The highest BCUT2D eigenvalue weighted by atomic mass is 32.2. The van der Waals surface area contributed by atoms with Crippen molar-refractivity contribution in [1.29, 1.82) is 0 Å². The zero-order valence-corrected chi connectivity index (χ0v) is 18.1. The third kappa shape index (κ3) is 4.48. The lowest BCUT2D eigenvalue weighted by molar-refractivity contribution is -0.148. The molecule has 166 valence electrons. The van der Waals surface area contributed by atoms with E-state index in [0.717, 1.165) is 29.1 Å². The van der Waals surface area contributed by atoms with Gasteiger partial charge in [0.05, 0.1) is 17.5 Å². The second-order valence-corrected chi connectivity index (χ2v) is 10.3. The molecule has 2 atom stereocenters. The molecule has 0 spiro atoms. The Bertz CT molecular complexity index is 1050. The summed E-state index contributed by atoms with van der Waals surface area (Å²) in [5.74, 6) is -1.54. The molecule has 10 heteroatoms. The van der Waals surface area contributed by atoms with Crippen molar-refractivity contribution in [2.24, 2.45) is 5.10 Å². The summed E-state index contributed by atoms with van der Waals surface area (Å²) in [5, 5.41) is 5.22. The molecule has 2 amide bonds. The van der Waals surface area contributed by atoms with E-state index in [1.54, 1.807) is 4.90 Å². The average Bonchev–Trinajstić information content (AvgIpc) is 3.12. The summed E-state index contributed by atoms with van der Waals surface area (Å²) < 4.78 is 28.9. The largest absolute Gasteiger partial charge is 0.448 e. The molecule has 1 aromatic rings. The predicted molar refractivity (Wildman–Crippen MR) is 113 cm³/mol. The number of para-hydroxylation sites is 1. The number of benzene rings is 1. The van der Waals surface area contributed by atoms with Gasteiger partial charge in [0.25, 0.3) is 5.91 Å². The molecule has 4 rings (SSSR count). The third-order valence-corrected chi connectivity index (χ3v) is 7.61. The Morgan fingerprint density at radius 2 is 1.97 bits per heavy atom. The Morgan fingerprint density at radius 3 is 2.71 bits per heavy atom. The summed E-state index contributed by atoms with van der Waals surface area (Å²) in [4.78, 5) is 39.5. The fraction of sp³-hybridized carbons (Fsp3) is 0.524. The molecule has 31 heavy (non-hydrogen) atoms. The highest BCUT2D eigenvalue weighted by molar-refractivity contribution is 7.91. The number of fused-ring (bicyclic) bond motifs is 1. The minimum atomic E-state index is -3.20. The molecule has 0 bridgehead atoms. The van der Waals surface area contributed by atoms with Gasteiger partial charge in [0.15, 0.2) is 15.9 Å². The lowest BCUT2D eigenvalue weighted by Crippen LogP contribution is -2.45. The number of carbonyl (C=O) groups excluding carboxylic acids is 3. The average molecular weight is 448 g/mol. The van der Waals surface area contributed by atoms with Crippen LogP contribution in [-0.4, -0.2) is 67.1 Å². The van der Waals surface area contributed by atoms with Crippen molar-refractivity contribution < 1.29 is 27.5 Å². The van der Waals surface area contributed by atoms with Crippen LogP contribution in [0.25, 0.3) is 0 Å². The Morgan fingerprint density at radius 1 is 1.19 bits per heavy atom. The first-order chi connectivity index (χ1) is 14.7. The van der Waals surface area contributed by atoms with E-state index in [0.29, 0.717) is 13.0 Å². The van der Waals surface area contributed by atoms with E-state index >= 15 is 0 Å². The Hall–Kier alpha value is -2.75. The minimum absolute atomic E-state index is 0.000406. The Balaban J connectivity index is 1.44. The first-order valence-electron chi connectivity index (χ1n) is 10.5. The molecule has 3 aliphatic heterocycles. The molecular formula is C21H25N3O6S. The summed E-state index contributed by atoms with van der Waals surface area (Å²) in [6.45, 7) is 2.07. The molecule has 1 aromatic carbocycles. The number of hydrogen-bond donors (Lipinski definition) is 0. The monoisotopic (exact) mass is 447 g/mol. The van der Waals surface area contributed by atoms with Gasteiger partial charge in [0.2, 0.25) is 5.91 Å². The summed E-state index contributed by atoms with van der Waals surface area (Å²) >= 11 is 0. The molecule has 3 aliphatic rings. The van der Waals surface area contributed by atoms with E-state index < -0.39 is 28.0 Å². The van der Waals surface area contributed by atoms with Crippen molar-refractivity contribution in [2.45, 2.75) is 51.2 Å². The molecule has 1 fully saturated rings. The van der Waals surface area contributed by atoms with Gasteiger partial charge >= 0.3 is 5.97 Å². The van der Waals surface area contributed by atoms with Gasteiger partial charge in [0, 0.05) is 25.1 Å². The molecule has 0 unspecified atom stereocenters. The van der Waals surface area contributed by atoms with Gasteiger partial charge in [-0.2, -0.15) is 5.10 Å². The smallest absolute Gasteiger partial charge is 0.355 e. The predicted octanol–water partition coefficient (Wildman–Crippen LogP) is 1.06. The van der Waals surface area contributed by atoms with Crippen molar-refractivity contribution in [1.82, 2.24) is 5.01 Å². The maximum atomic E-state index is 13.0. The van der Waals surface area contributed by atoms with Crippen LogP contribution < -0.4 is 4.90 Å². The number of rotatable bonds is 4. The molecular weight excluding hydrogens is 422 g/mol. The van der Waals surface area contributed by atoms with E-state index in [1.807, 2.05) is 24.3 Å². The van der Waals surface area contributed by atoms with Crippen molar-refractivity contribution in [3.05, 3.63) is 29.8 Å². The van der Waals surface area contributed by atoms with Crippen LogP contribution in [0.3, 0.4) is 0 Å². The number of ether oxygens (including phenoxy) is 1. The molecule has 1 saturated heterocycles. The molecule has 3 heterocycles. The van der Waals surface area contributed by atoms with E-state index in [2.05, 4.69) is 5.10 Å². The van der Waals surface area contributed by atoms with E-state index in [-0.39, 0.29) is 41.9 Å². The first-order valence-corrected chi connectivity index (χ1v) is 12.3. The van der Waals surface area contributed by atoms with Gasteiger partial charge < -0.3 is 9.64 Å². The number of nitrogens with zero attached hydrogens (tertiary/aromatic N) is 3. The Labute approximate surface area is 180 Å². The zero-order chi connectivity index (χ0) is 22.2. The highest BCUT2D eigenvalue weighted by Gasteiger charge is 2.38. The van der Waals surface area contributed by atoms with Crippen LogP contribution in [0.1, 0.15) is 38.2 Å². The maximum Gasteiger partial charge on any atom is 0.355 e. The number of carbonyl (C=O) groups is 3. The van der Waals surface area contributed by atoms with Crippen molar-refractivity contribution in [3.63, 3.8) is 0 Å². The zero-order valence-electron chi connectivity index (χ0n) is 17.3. The van der Waals surface area contributed by atoms with Crippen LogP contribution in [0.2, 0.25) is 0 Å². The number of sulfone groups is 1. The van der Waals surface area contributed by atoms with Crippen molar-refractivity contribution in [2.75, 3.05) is 23.0 Å². The number of hydrazone groups is 1. The number of anilines is 1. The lowest BCUT2D eigenvalue weighted by Gasteiger charge is -2.31. The quantitative estimate of drug-likeness (QED) is 0.638. The molecule has 0 aromatic heterocycles. The SMILES string of the molecule is C[C@@H](OC(=O)C1=NN([C@@H]2CCS(=O)(=O)C2)C(=O)CC1)C(=O)N1CCCc2ccccc21. The van der Waals surface area contributed by atoms with Crippen LogP contribution in [0.15, 0.2) is 29.4 Å². The van der Waals surface area contributed by atoms with Gasteiger partial charge in [-0.05, 0) is 37.8 Å². The van der Waals surface area contributed by atoms with Gasteiger partial charge in [0.1, 0.15) is 5.71 Å². The van der Waals surface area contributed by atoms with Gasteiger partial charge in [-0.25, -0.2) is 18.2 Å². The molecule has 0 radical (unpaired) electrons. The number of esters is 1. The summed E-state index contributed by atoms with van der Waals surface area (Å²) in [7, 11) is -3.20. The summed E-state index contributed by atoms with van der Waals surface area (Å²) in [6, 6.07) is 7.10. The molecule has 9 nitrogen and oxygen atoms in total. The lowest BCUT2D eigenvalue weighted by atomic mass is 10.0. The molecule has 0 N–H and O–H groups in total. The van der Waals surface area contributed by atoms with Crippen LogP contribution in [0.5, 0.6) is 0 Å². The van der Waals surface area contributed by atoms with Crippen molar-refractivity contribution in [3.8, 4) is 0 Å². The van der Waals surface area contributed by atoms with Crippen LogP contribution >= 0.6 is 0 Å². The van der Waals surface area contributed by atoms with Gasteiger partial charge in [-0.3, -0.25) is 9.59 Å². The standard InChI is InChI=1S/C21H25N3O6S/c1-14(20(26)23-11-4-6-15-5-2-3-7-18(15)23)30-21(27)17-8-9-19(25)24(22-17)16-10-12-31(28,29)13-16/h2-3,5,7,14,16H,4,6,8-13H2,1H3/t14-,16-/m1/s1. The van der Waals surface area contributed by atoms with Gasteiger partial charge in [-0.15, -0.1) is 0 Å². The molecule has 0 aliphatic carbocycles. The normalized spacial score (nSPS) is 23.7. The second-order valence-electron chi connectivity index (χ2n) is 8.11. The van der Waals surface area contributed by atoms with Crippen LogP contribution in [0, 0.1) is 0 Å². The van der Waals surface area contributed by atoms with Crippen molar-refractivity contribution >= 4 is 39.0 Å². The van der Waals surface area contributed by atoms with Crippen LogP contribution in [-0.2, 0) is 35.4 Å². The Kier molecular flexibility index (Phi) is 5.83. The minimum Gasteiger partial charge on any atom is -0.448 e. The number of hydrogen-bond acceptors (Lipinski definition) is 7. The van der Waals surface area contributed by atoms with E-state index in [1.165, 1.54) is 6.92 Å². The van der Waals surface area contributed by atoms with Crippen LogP contribution in [0.4, 0.5) is 5.69 Å².